The number of rotatable bonds is 4. The highest BCUT2D eigenvalue weighted by atomic mass is 16.4. The van der Waals surface area contributed by atoms with Crippen LogP contribution in [-0.2, 0) is 9.59 Å². The molecule has 2 N–H and O–H groups in total. The van der Waals surface area contributed by atoms with E-state index < -0.39 is 11.5 Å². The lowest BCUT2D eigenvalue weighted by atomic mass is 10.0. The van der Waals surface area contributed by atoms with Crippen molar-refractivity contribution in [1.82, 2.24) is 10.2 Å². The number of hydrogen-bond acceptors (Lipinski definition) is 3. The minimum absolute atomic E-state index is 0.00845. The second kappa shape index (κ2) is 5.49. The summed E-state index contributed by atoms with van der Waals surface area (Å²) in [5.74, 6) is -0.414. The predicted octanol–water partition coefficient (Wildman–Crippen LogP) is 0.698. The summed E-state index contributed by atoms with van der Waals surface area (Å²) in [4.78, 5) is 24.6. The summed E-state index contributed by atoms with van der Waals surface area (Å²) in [7, 11) is 0. The van der Waals surface area contributed by atoms with Crippen molar-refractivity contribution in [2.45, 2.75) is 39.2 Å². The molecule has 1 heterocycles. The van der Waals surface area contributed by atoms with Crippen LogP contribution < -0.4 is 5.32 Å². The van der Waals surface area contributed by atoms with Crippen molar-refractivity contribution in [3.8, 4) is 0 Å². The van der Waals surface area contributed by atoms with Gasteiger partial charge in [0.2, 0.25) is 5.91 Å². The van der Waals surface area contributed by atoms with E-state index in [-0.39, 0.29) is 12.5 Å². The molecule has 0 spiro atoms. The number of piperidine rings is 1. The Bertz CT molecular complexity index is 302. The molecule has 5 heteroatoms. The van der Waals surface area contributed by atoms with Crippen LogP contribution in [0, 0.1) is 5.92 Å². The van der Waals surface area contributed by atoms with Crippen LogP contribution in [0.15, 0.2) is 0 Å². The molecule has 1 aliphatic rings. The van der Waals surface area contributed by atoms with Crippen molar-refractivity contribution in [2.24, 2.45) is 5.92 Å². The molecule has 1 atom stereocenters. The Hall–Kier alpha value is -1.10. The van der Waals surface area contributed by atoms with Crippen LogP contribution in [-0.4, -0.2) is 47.1 Å². The Balaban J connectivity index is 2.41. The molecule has 1 amide bonds. The van der Waals surface area contributed by atoms with E-state index >= 15 is 0 Å². The minimum atomic E-state index is -1.06. The number of carboxylic acids is 1. The number of likely N-dealkylation sites (tertiary alicyclic amines) is 1. The van der Waals surface area contributed by atoms with E-state index in [4.69, 9.17) is 5.11 Å². The first kappa shape index (κ1) is 14.0. The molecule has 0 radical (unpaired) electrons. The van der Waals surface area contributed by atoms with Crippen molar-refractivity contribution in [1.29, 1.82) is 0 Å². The molecule has 1 saturated heterocycles. The highest BCUT2D eigenvalue weighted by Gasteiger charge is 2.28. The van der Waals surface area contributed by atoms with Crippen LogP contribution in [0.2, 0.25) is 0 Å². The van der Waals surface area contributed by atoms with Crippen LogP contribution in [0.3, 0.4) is 0 Å². The molecular weight excluding hydrogens is 220 g/mol. The fourth-order valence-electron chi connectivity index (χ4n) is 1.90. The van der Waals surface area contributed by atoms with Gasteiger partial charge in [0.05, 0.1) is 6.54 Å². The maximum Gasteiger partial charge on any atom is 0.323 e. The van der Waals surface area contributed by atoms with E-state index in [1.165, 1.54) is 0 Å². The Kier molecular flexibility index (Phi) is 4.51. The first-order chi connectivity index (χ1) is 7.83. The van der Waals surface area contributed by atoms with Crippen LogP contribution >= 0.6 is 0 Å². The fraction of sp³-hybridized carbons (Fsp3) is 0.833. The zero-order valence-electron chi connectivity index (χ0n) is 10.8. The Morgan fingerprint density at radius 2 is 2.12 bits per heavy atom. The first-order valence-electron chi connectivity index (χ1n) is 6.09. The molecule has 0 aromatic rings. The highest BCUT2D eigenvalue weighted by Crippen LogP contribution is 2.15. The third kappa shape index (κ3) is 4.00. The molecule has 98 valence electrons. The number of aliphatic carboxylic acids is 1. The molecule has 5 nitrogen and oxygen atoms in total. The smallest absolute Gasteiger partial charge is 0.323 e. The van der Waals surface area contributed by atoms with Crippen LogP contribution in [0.4, 0.5) is 0 Å². The average Bonchev–Trinajstić information content (AvgIpc) is 2.25. The maximum absolute atomic E-state index is 11.9. The number of hydrogen-bond donors (Lipinski definition) is 2. The van der Waals surface area contributed by atoms with Gasteiger partial charge in [-0.2, -0.15) is 0 Å². The maximum atomic E-state index is 11.9. The van der Waals surface area contributed by atoms with Crippen molar-refractivity contribution in [3.63, 3.8) is 0 Å². The van der Waals surface area contributed by atoms with Crippen molar-refractivity contribution in [2.75, 3.05) is 19.6 Å². The summed E-state index contributed by atoms with van der Waals surface area (Å²) in [6.45, 7) is 6.91. The second-order valence-corrected chi connectivity index (χ2v) is 5.37. The summed E-state index contributed by atoms with van der Waals surface area (Å²) < 4.78 is 0. The number of carbonyl (C=O) groups excluding carboxylic acids is 1. The predicted molar refractivity (Wildman–Crippen MR) is 64.7 cm³/mol. The van der Waals surface area contributed by atoms with Crippen molar-refractivity contribution >= 4 is 11.9 Å². The zero-order chi connectivity index (χ0) is 13.1. The van der Waals surface area contributed by atoms with Gasteiger partial charge in [-0.1, -0.05) is 6.92 Å². The number of amides is 1. The third-order valence-electron chi connectivity index (χ3n) is 3.23. The number of carbonyl (C=O) groups is 2. The van der Waals surface area contributed by atoms with E-state index in [1.807, 2.05) is 4.90 Å². The van der Waals surface area contributed by atoms with Crippen molar-refractivity contribution in [3.05, 3.63) is 0 Å². The first-order valence-corrected chi connectivity index (χ1v) is 6.09. The van der Waals surface area contributed by atoms with Gasteiger partial charge < -0.3 is 10.0 Å². The summed E-state index contributed by atoms with van der Waals surface area (Å²) in [6.07, 6.45) is 2.20. The quantitative estimate of drug-likeness (QED) is 0.761. The minimum Gasteiger partial charge on any atom is -0.480 e. The molecule has 0 bridgehead atoms. The summed E-state index contributed by atoms with van der Waals surface area (Å²) in [5, 5.41) is 11.7. The number of nitrogens with zero attached hydrogens (tertiary/aromatic N) is 1. The van der Waals surface area contributed by atoms with E-state index in [2.05, 4.69) is 12.2 Å². The largest absolute Gasteiger partial charge is 0.480 e. The molecule has 1 rings (SSSR count). The van der Waals surface area contributed by atoms with Gasteiger partial charge in [-0.25, -0.2) is 0 Å². The average molecular weight is 242 g/mol. The monoisotopic (exact) mass is 242 g/mol. The van der Waals surface area contributed by atoms with E-state index in [9.17, 15) is 9.59 Å². The van der Waals surface area contributed by atoms with Gasteiger partial charge in [-0.15, -0.1) is 0 Å². The van der Waals surface area contributed by atoms with Gasteiger partial charge in [0, 0.05) is 13.1 Å². The van der Waals surface area contributed by atoms with Gasteiger partial charge in [0.15, 0.2) is 0 Å². The molecule has 0 aromatic carbocycles. The van der Waals surface area contributed by atoms with E-state index in [0.29, 0.717) is 5.92 Å². The SMILES string of the molecule is CC1CCCN(C(=O)CNC(C)(C)C(=O)O)C1. The van der Waals surface area contributed by atoms with Crippen LogP contribution in [0.1, 0.15) is 33.6 Å². The van der Waals surface area contributed by atoms with Gasteiger partial charge in [-0.3, -0.25) is 14.9 Å². The summed E-state index contributed by atoms with van der Waals surface area (Å²) in [5.41, 5.74) is -1.06. The summed E-state index contributed by atoms with van der Waals surface area (Å²) in [6, 6.07) is 0. The highest BCUT2D eigenvalue weighted by molar-refractivity contribution is 5.81. The molecule has 1 aliphatic heterocycles. The molecule has 0 aliphatic carbocycles. The number of nitrogens with one attached hydrogen (secondary N) is 1. The van der Waals surface area contributed by atoms with Gasteiger partial charge >= 0.3 is 5.97 Å². The summed E-state index contributed by atoms with van der Waals surface area (Å²) >= 11 is 0. The van der Waals surface area contributed by atoms with E-state index in [1.54, 1.807) is 13.8 Å². The van der Waals surface area contributed by atoms with Gasteiger partial charge in [0.1, 0.15) is 5.54 Å². The molecule has 0 aromatic heterocycles. The lowest BCUT2D eigenvalue weighted by Gasteiger charge is -2.32. The molecule has 1 unspecified atom stereocenters. The Morgan fingerprint density at radius 3 is 2.65 bits per heavy atom. The topological polar surface area (TPSA) is 69.6 Å². The van der Waals surface area contributed by atoms with E-state index in [0.717, 1.165) is 25.9 Å². The number of carboxylic acid groups (broad SMARTS) is 1. The Morgan fingerprint density at radius 1 is 1.47 bits per heavy atom. The fourth-order valence-corrected chi connectivity index (χ4v) is 1.90. The van der Waals surface area contributed by atoms with Crippen LogP contribution in [0.25, 0.3) is 0 Å². The standard InChI is InChI=1S/C12H22N2O3/c1-9-5-4-6-14(8-9)10(15)7-13-12(2,3)11(16)17/h9,13H,4-8H2,1-3H3,(H,16,17). The Labute approximate surface area is 102 Å². The second-order valence-electron chi connectivity index (χ2n) is 5.37. The van der Waals surface area contributed by atoms with Gasteiger partial charge in [0.25, 0.3) is 0 Å². The van der Waals surface area contributed by atoms with Gasteiger partial charge in [-0.05, 0) is 32.6 Å². The lowest BCUT2D eigenvalue weighted by Crippen LogP contribution is -2.52. The van der Waals surface area contributed by atoms with Crippen molar-refractivity contribution < 1.29 is 14.7 Å². The molecule has 17 heavy (non-hydrogen) atoms. The normalized spacial score (nSPS) is 21.4. The van der Waals surface area contributed by atoms with Crippen LogP contribution in [0.5, 0.6) is 0 Å². The zero-order valence-corrected chi connectivity index (χ0v) is 10.8. The molecule has 0 saturated carbocycles. The third-order valence-corrected chi connectivity index (χ3v) is 3.23. The molecular formula is C12H22N2O3. The lowest BCUT2D eigenvalue weighted by molar-refractivity contribution is -0.143. The molecule has 1 fully saturated rings.